The Morgan fingerprint density at radius 3 is 2.00 bits per heavy atom. The smallest absolute Gasteiger partial charge is 0.00361 e. The number of hydrogen-bond donors (Lipinski definition) is 1. The van der Waals surface area contributed by atoms with E-state index in [1.54, 1.807) is 0 Å². The maximum absolute atomic E-state index is 5.58. The average molecular weight is 117 g/mol. The third-order valence-electron chi connectivity index (χ3n) is 1.18. The van der Waals surface area contributed by atoms with E-state index >= 15 is 0 Å². The predicted octanol–water partition coefficient (Wildman–Crippen LogP) is 2.16. The van der Waals surface area contributed by atoms with Gasteiger partial charge in [0.15, 0.2) is 0 Å². The van der Waals surface area contributed by atoms with E-state index < -0.39 is 0 Å². The Morgan fingerprint density at radius 2 is 1.88 bits per heavy atom. The summed E-state index contributed by atoms with van der Waals surface area (Å²) in [7, 11) is 0. The molecule has 0 radical (unpaired) electrons. The molecule has 52 valence electrons. The summed E-state index contributed by atoms with van der Waals surface area (Å²) in [6, 6.07) is 0.449. The van der Waals surface area contributed by atoms with E-state index in [4.69, 9.17) is 5.73 Å². The highest BCUT2D eigenvalue weighted by atomic mass is 14.6. The summed E-state index contributed by atoms with van der Waals surface area (Å²) in [6.07, 6.45) is 3.51. The number of nitrogens with two attached hydrogens (primary N) is 1. The predicted molar refractivity (Wildman–Crippen MR) is 39.9 cm³/mol. The van der Waals surface area contributed by atoms with Crippen LogP contribution in [0.1, 0.15) is 40.5 Å². The molecule has 0 aromatic carbocycles. The van der Waals surface area contributed by atoms with Gasteiger partial charge < -0.3 is 5.73 Å². The van der Waals surface area contributed by atoms with Gasteiger partial charge in [-0.25, -0.2) is 0 Å². The van der Waals surface area contributed by atoms with Crippen LogP contribution >= 0.6 is 0 Å². The van der Waals surface area contributed by atoms with Crippen LogP contribution in [0.25, 0.3) is 0 Å². The van der Waals surface area contributed by atoms with E-state index in [0.29, 0.717) is 6.04 Å². The lowest BCUT2D eigenvalue weighted by Gasteiger charge is -2.03. The molecule has 0 heterocycles. The fraction of sp³-hybridized carbons (Fsp3) is 1.00. The van der Waals surface area contributed by atoms with Crippen LogP contribution in [0.15, 0.2) is 0 Å². The zero-order chi connectivity index (χ0) is 5.70. The molecular formula is C7H19N. The van der Waals surface area contributed by atoms with Gasteiger partial charge in [0.1, 0.15) is 0 Å². The Bertz CT molecular complexity index is 35.4. The molecule has 0 amide bonds. The summed E-state index contributed by atoms with van der Waals surface area (Å²) in [6.45, 7) is 4.29. The first-order chi connectivity index (χ1) is 3.31. The average Bonchev–Trinajstić information content (AvgIpc) is 1.68. The summed E-state index contributed by atoms with van der Waals surface area (Å²) in [5.74, 6) is 0. The molecule has 1 heteroatoms. The SMILES string of the molecule is C.CCCC(N)CC. The van der Waals surface area contributed by atoms with Crippen LogP contribution in [0.5, 0.6) is 0 Å². The third-order valence-corrected chi connectivity index (χ3v) is 1.18. The largest absolute Gasteiger partial charge is 0.328 e. The van der Waals surface area contributed by atoms with Crippen molar-refractivity contribution >= 4 is 0 Å². The van der Waals surface area contributed by atoms with Gasteiger partial charge in [-0.05, 0) is 12.8 Å². The van der Waals surface area contributed by atoms with Crippen LogP contribution in [-0.4, -0.2) is 6.04 Å². The van der Waals surface area contributed by atoms with Crippen LogP contribution in [-0.2, 0) is 0 Å². The monoisotopic (exact) mass is 117 g/mol. The minimum Gasteiger partial charge on any atom is -0.328 e. The van der Waals surface area contributed by atoms with Crippen molar-refractivity contribution in [2.24, 2.45) is 5.73 Å². The first kappa shape index (κ1) is 10.9. The molecule has 0 spiro atoms. The summed E-state index contributed by atoms with van der Waals surface area (Å²) in [4.78, 5) is 0. The number of rotatable bonds is 3. The molecule has 0 aliphatic carbocycles. The fourth-order valence-electron chi connectivity index (χ4n) is 0.575. The normalized spacial score (nSPS) is 12.4. The second-order valence-corrected chi connectivity index (χ2v) is 1.96. The lowest BCUT2D eigenvalue weighted by molar-refractivity contribution is 0.587. The molecule has 0 aromatic heterocycles. The van der Waals surface area contributed by atoms with Crippen molar-refractivity contribution in [3.8, 4) is 0 Å². The maximum atomic E-state index is 5.58. The minimum atomic E-state index is 0. The van der Waals surface area contributed by atoms with Gasteiger partial charge in [0.05, 0.1) is 0 Å². The van der Waals surface area contributed by atoms with Gasteiger partial charge in [-0.15, -0.1) is 0 Å². The van der Waals surface area contributed by atoms with Crippen LogP contribution in [0.4, 0.5) is 0 Å². The van der Waals surface area contributed by atoms with Crippen LogP contribution in [0.3, 0.4) is 0 Å². The Morgan fingerprint density at radius 1 is 1.38 bits per heavy atom. The molecule has 0 aliphatic heterocycles. The van der Waals surface area contributed by atoms with Crippen molar-refractivity contribution in [1.29, 1.82) is 0 Å². The molecule has 0 saturated carbocycles. The molecule has 8 heavy (non-hydrogen) atoms. The molecule has 0 fully saturated rings. The van der Waals surface area contributed by atoms with Crippen molar-refractivity contribution in [3.63, 3.8) is 0 Å². The van der Waals surface area contributed by atoms with E-state index in [9.17, 15) is 0 Å². The molecule has 2 N–H and O–H groups in total. The lowest BCUT2D eigenvalue weighted by Crippen LogP contribution is -2.17. The second kappa shape index (κ2) is 6.96. The molecule has 0 bridgehead atoms. The highest BCUT2D eigenvalue weighted by Gasteiger charge is 1.92. The zero-order valence-corrected chi connectivity index (χ0v) is 5.28. The first-order valence-electron chi connectivity index (χ1n) is 3.06. The molecule has 0 aliphatic rings. The first-order valence-corrected chi connectivity index (χ1v) is 3.06. The Kier molecular flexibility index (Phi) is 9.44. The van der Waals surface area contributed by atoms with Crippen molar-refractivity contribution in [3.05, 3.63) is 0 Å². The minimum absolute atomic E-state index is 0. The fourth-order valence-corrected chi connectivity index (χ4v) is 0.575. The Balaban J connectivity index is 0. The Hall–Kier alpha value is -0.0400. The highest BCUT2D eigenvalue weighted by Crippen LogP contribution is 1.95. The van der Waals surface area contributed by atoms with E-state index in [0.717, 1.165) is 6.42 Å². The summed E-state index contributed by atoms with van der Waals surface area (Å²) in [5, 5.41) is 0. The van der Waals surface area contributed by atoms with Crippen molar-refractivity contribution in [2.75, 3.05) is 0 Å². The van der Waals surface area contributed by atoms with Gasteiger partial charge in [-0.2, -0.15) is 0 Å². The molecule has 0 aromatic rings. The maximum Gasteiger partial charge on any atom is 0.00361 e. The van der Waals surface area contributed by atoms with Gasteiger partial charge >= 0.3 is 0 Å². The van der Waals surface area contributed by atoms with Gasteiger partial charge in [-0.3, -0.25) is 0 Å². The third kappa shape index (κ3) is 5.96. The van der Waals surface area contributed by atoms with Crippen molar-refractivity contribution in [1.82, 2.24) is 0 Å². The molecular weight excluding hydrogens is 98.1 g/mol. The van der Waals surface area contributed by atoms with Crippen LogP contribution < -0.4 is 5.73 Å². The molecule has 1 atom stereocenters. The highest BCUT2D eigenvalue weighted by molar-refractivity contribution is 4.54. The van der Waals surface area contributed by atoms with E-state index in [-0.39, 0.29) is 7.43 Å². The van der Waals surface area contributed by atoms with Gasteiger partial charge in [0.2, 0.25) is 0 Å². The standard InChI is InChI=1S/C6H15N.CH4/c1-3-5-6(7)4-2;/h6H,3-5,7H2,1-2H3;1H4. The summed E-state index contributed by atoms with van der Waals surface area (Å²) >= 11 is 0. The van der Waals surface area contributed by atoms with Crippen LogP contribution in [0.2, 0.25) is 0 Å². The quantitative estimate of drug-likeness (QED) is 0.602. The van der Waals surface area contributed by atoms with Gasteiger partial charge in [0, 0.05) is 6.04 Å². The van der Waals surface area contributed by atoms with Gasteiger partial charge in [0.25, 0.3) is 0 Å². The summed E-state index contributed by atoms with van der Waals surface area (Å²) in [5.41, 5.74) is 5.58. The van der Waals surface area contributed by atoms with E-state index in [1.165, 1.54) is 12.8 Å². The second-order valence-electron chi connectivity index (χ2n) is 1.96. The summed E-state index contributed by atoms with van der Waals surface area (Å²) < 4.78 is 0. The van der Waals surface area contributed by atoms with E-state index in [1.807, 2.05) is 0 Å². The van der Waals surface area contributed by atoms with Crippen molar-refractivity contribution in [2.45, 2.75) is 46.6 Å². The molecule has 0 rings (SSSR count). The van der Waals surface area contributed by atoms with E-state index in [2.05, 4.69) is 13.8 Å². The molecule has 1 unspecified atom stereocenters. The molecule has 1 nitrogen and oxygen atoms in total. The Labute approximate surface area is 53.3 Å². The zero-order valence-electron chi connectivity index (χ0n) is 5.28. The topological polar surface area (TPSA) is 26.0 Å². The molecule has 0 saturated heterocycles. The van der Waals surface area contributed by atoms with Crippen molar-refractivity contribution < 1.29 is 0 Å². The van der Waals surface area contributed by atoms with Gasteiger partial charge in [-0.1, -0.05) is 27.7 Å². The lowest BCUT2D eigenvalue weighted by atomic mass is 10.1. The van der Waals surface area contributed by atoms with Crippen LogP contribution in [0, 0.1) is 0 Å². The number of hydrogen-bond acceptors (Lipinski definition) is 1.